The molecule has 0 saturated carbocycles. The van der Waals surface area contributed by atoms with Crippen LogP contribution in [0.15, 0.2) is 53.1 Å². The molecule has 1 aliphatic heterocycles. The van der Waals surface area contributed by atoms with E-state index in [9.17, 15) is 24.0 Å². The number of nitrogens with zero attached hydrogens (tertiary/aromatic N) is 1. The van der Waals surface area contributed by atoms with Gasteiger partial charge in [-0.2, -0.15) is 5.26 Å². The minimum Gasteiger partial charge on any atom is -0.468 e. The molecule has 2 aromatic carbocycles. The van der Waals surface area contributed by atoms with Gasteiger partial charge in [-0.15, -0.1) is 0 Å². The third-order valence-corrected chi connectivity index (χ3v) is 6.54. The predicted molar refractivity (Wildman–Crippen MR) is 123 cm³/mol. The first-order chi connectivity index (χ1) is 15.8. The van der Waals surface area contributed by atoms with Gasteiger partial charge in [-0.05, 0) is 36.2 Å². The van der Waals surface area contributed by atoms with Crippen LogP contribution in [0.5, 0.6) is 0 Å². The Bertz CT molecular complexity index is 1190. The SMILES string of the molecule is COC(=O)[C@H]1C(=O)NC(SCC(=O)Nc2cccc(Cl)c2C)=C(C#N)[C@H]1c1ccccc1F. The quantitative estimate of drug-likeness (QED) is 0.472. The molecule has 2 N–H and O–H groups in total. The molecule has 33 heavy (non-hydrogen) atoms. The van der Waals surface area contributed by atoms with Crippen LogP contribution in [0.2, 0.25) is 5.02 Å². The van der Waals surface area contributed by atoms with Gasteiger partial charge < -0.3 is 15.4 Å². The fourth-order valence-corrected chi connectivity index (χ4v) is 4.47. The van der Waals surface area contributed by atoms with E-state index in [1.807, 2.05) is 6.07 Å². The van der Waals surface area contributed by atoms with Crippen molar-refractivity contribution in [3.05, 3.63) is 75.0 Å². The molecule has 1 aliphatic rings. The van der Waals surface area contributed by atoms with Gasteiger partial charge in [0.25, 0.3) is 0 Å². The summed E-state index contributed by atoms with van der Waals surface area (Å²) in [5.41, 5.74) is 1.20. The number of carbonyl (C=O) groups is 3. The van der Waals surface area contributed by atoms with Gasteiger partial charge in [0, 0.05) is 16.6 Å². The molecule has 10 heteroatoms. The second-order valence-corrected chi connectivity index (χ2v) is 8.49. The number of esters is 1. The number of nitrogens with one attached hydrogen (secondary N) is 2. The lowest BCUT2D eigenvalue weighted by atomic mass is 9.78. The van der Waals surface area contributed by atoms with Crippen LogP contribution in [0.25, 0.3) is 0 Å². The molecule has 0 aliphatic carbocycles. The van der Waals surface area contributed by atoms with E-state index in [-0.39, 0.29) is 21.9 Å². The lowest BCUT2D eigenvalue weighted by Gasteiger charge is -2.31. The summed E-state index contributed by atoms with van der Waals surface area (Å²) < 4.78 is 19.3. The van der Waals surface area contributed by atoms with Gasteiger partial charge in [-0.3, -0.25) is 14.4 Å². The maximum atomic E-state index is 14.6. The van der Waals surface area contributed by atoms with Crippen molar-refractivity contribution in [1.82, 2.24) is 5.32 Å². The van der Waals surface area contributed by atoms with Gasteiger partial charge in [-0.1, -0.05) is 47.6 Å². The second-order valence-electron chi connectivity index (χ2n) is 7.09. The molecule has 0 fully saturated rings. The van der Waals surface area contributed by atoms with E-state index in [0.717, 1.165) is 18.9 Å². The highest BCUT2D eigenvalue weighted by Crippen LogP contribution is 2.41. The highest BCUT2D eigenvalue weighted by molar-refractivity contribution is 8.03. The lowest BCUT2D eigenvalue weighted by Crippen LogP contribution is -2.44. The number of carbonyl (C=O) groups excluding carboxylic acids is 3. The Balaban J connectivity index is 1.91. The van der Waals surface area contributed by atoms with E-state index in [1.165, 1.54) is 18.2 Å². The van der Waals surface area contributed by atoms with Gasteiger partial charge in [0.05, 0.1) is 29.5 Å². The lowest BCUT2D eigenvalue weighted by molar-refractivity contribution is -0.150. The summed E-state index contributed by atoms with van der Waals surface area (Å²) in [5, 5.41) is 15.6. The van der Waals surface area contributed by atoms with Crippen LogP contribution in [0.3, 0.4) is 0 Å². The van der Waals surface area contributed by atoms with Crippen molar-refractivity contribution in [2.75, 3.05) is 18.2 Å². The number of hydrogen-bond acceptors (Lipinski definition) is 6. The number of rotatable bonds is 6. The standard InChI is InChI=1S/C23H19ClFN3O4S/c1-12-15(24)7-5-9-17(12)27-18(29)11-33-22-14(10-26)19(13-6-3-4-8-16(13)25)20(21(30)28-22)23(31)32-2/h3-9,19-20H,11H2,1-2H3,(H,27,29)(H,28,30)/t19-,20-/m1/s1. The summed E-state index contributed by atoms with van der Waals surface area (Å²) in [7, 11) is 1.11. The summed E-state index contributed by atoms with van der Waals surface area (Å²) >= 11 is 6.97. The van der Waals surface area contributed by atoms with E-state index in [0.29, 0.717) is 16.3 Å². The van der Waals surface area contributed by atoms with E-state index in [4.69, 9.17) is 16.3 Å². The number of halogens is 2. The predicted octanol–water partition coefficient (Wildman–Crippen LogP) is 3.90. The summed E-state index contributed by atoms with van der Waals surface area (Å²) in [5.74, 6) is -5.51. The van der Waals surface area contributed by atoms with Crippen molar-refractivity contribution in [3.63, 3.8) is 0 Å². The monoisotopic (exact) mass is 487 g/mol. The molecule has 7 nitrogen and oxygen atoms in total. The first-order valence-corrected chi connectivity index (χ1v) is 11.1. The van der Waals surface area contributed by atoms with Crippen LogP contribution in [0.1, 0.15) is 17.0 Å². The first-order valence-electron chi connectivity index (χ1n) is 9.73. The van der Waals surface area contributed by atoms with E-state index >= 15 is 0 Å². The molecule has 2 amide bonds. The number of amides is 2. The number of allylic oxidation sites excluding steroid dienone is 1. The van der Waals surface area contributed by atoms with Crippen molar-refractivity contribution >= 4 is 46.8 Å². The highest BCUT2D eigenvalue weighted by atomic mass is 35.5. The zero-order valence-corrected chi connectivity index (χ0v) is 19.2. The van der Waals surface area contributed by atoms with Crippen LogP contribution in [0.4, 0.5) is 10.1 Å². The summed E-state index contributed by atoms with van der Waals surface area (Å²) in [4.78, 5) is 37.6. The zero-order valence-electron chi connectivity index (χ0n) is 17.6. The molecule has 2 aromatic rings. The smallest absolute Gasteiger partial charge is 0.319 e. The Labute approximate surface area is 198 Å². The van der Waals surface area contributed by atoms with Crippen LogP contribution >= 0.6 is 23.4 Å². The van der Waals surface area contributed by atoms with E-state index in [1.54, 1.807) is 31.2 Å². The fourth-order valence-electron chi connectivity index (χ4n) is 3.45. The molecule has 170 valence electrons. The maximum absolute atomic E-state index is 14.6. The van der Waals surface area contributed by atoms with Crippen LogP contribution in [-0.4, -0.2) is 30.6 Å². The number of ether oxygens (including phenoxy) is 1. The van der Waals surface area contributed by atoms with Crippen molar-refractivity contribution in [3.8, 4) is 6.07 Å². The first kappa shape index (κ1) is 24.3. The molecule has 3 rings (SSSR count). The highest BCUT2D eigenvalue weighted by Gasteiger charge is 2.45. The number of anilines is 1. The third kappa shape index (κ3) is 5.18. The van der Waals surface area contributed by atoms with Gasteiger partial charge in [-0.25, -0.2) is 4.39 Å². The van der Waals surface area contributed by atoms with Crippen molar-refractivity contribution in [1.29, 1.82) is 5.26 Å². The molecule has 1 heterocycles. The van der Waals surface area contributed by atoms with Gasteiger partial charge >= 0.3 is 5.97 Å². The maximum Gasteiger partial charge on any atom is 0.319 e. The molecule has 0 bridgehead atoms. The normalized spacial score (nSPS) is 17.7. The fraction of sp³-hybridized carbons (Fsp3) is 0.217. The minimum absolute atomic E-state index is 0.0106. The Kier molecular flexibility index (Phi) is 7.74. The van der Waals surface area contributed by atoms with E-state index < -0.39 is 35.4 Å². The topological polar surface area (TPSA) is 108 Å². The molecule has 0 radical (unpaired) electrons. The van der Waals surface area contributed by atoms with Crippen molar-refractivity contribution < 1.29 is 23.5 Å². The molecule has 0 aromatic heterocycles. The Hall–Kier alpha value is -3.35. The van der Waals surface area contributed by atoms with Crippen molar-refractivity contribution in [2.45, 2.75) is 12.8 Å². The largest absolute Gasteiger partial charge is 0.468 e. The van der Waals surface area contributed by atoms with Gasteiger partial charge in [0.2, 0.25) is 11.8 Å². The zero-order chi connectivity index (χ0) is 24.1. The number of benzene rings is 2. The third-order valence-electron chi connectivity index (χ3n) is 5.11. The molecular formula is C23H19ClFN3O4S. The number of hydrogen-bond donors (Lipinski definition) is 2. The minimum atomic E-state index is -1.45. The average Bonchev–Trinajstić information content (AvgIpc) is 2.80. The summed E-state index contributed by atoms with van der Waals surface area (Å²) in [6.07, 6.45) is 0. The number of nitriles is 1. The van der Waals surface area contributed by atoms with Gasteiger partial charge in [0.15, 0.2) is 0 Å². The average molecular weight is 488 g/mol. The molecule has 0 saturated heterocycles. The van der Waals surface area contributed by atoms with Crippen LogP contribution in [-0.2, 0) is 19.1 Å². The molecular weight excluding hydrogens is 469 g/mol. The second kappa shape index (κ2) is 10.5. The summed E-state index contributed by atoms with van der Waals surface area (Å²) in [6, 6.07) is 12.6. The molecule has 0 unspecified atom stereocenters. The van der Waals surface area contributed by atoms with Crippen LogP contribution < -0.4 is 10.6 Å². The Morgan fingerprint density at radius 2 is 2.00 bits per heavy atom. The Morgan fingerprint density at radius 1 is 1.27 bits per heavy atom. The van der Waals surface area contributed by atoms with Crippen LogP contribution in [0, 0.1) is 30.0 Å². The van der Waals surface area contributed by atoms with E-state index in [2.05, 4.69) is 10.6 Å². The Morgan fingerprint density at radius 3 is 2.67 bits per heavy atom. The molecule has 2 atom stereocenters. The number of methoxy groups -OCH3 is 1. The van der Waals surface area contributed by atoms with Gasteiger partial charge in [0.1, 0.15) is 11.7 Å². The number of thioether (sulfide) groups is 1. The summed E-state index contributed by atoms with van der Waals surface area (Å²) in [6.45, 7) is 1.76. The van der Waals surface area contributed by atoms with Crippen molar-refractivity contribution in [2.24, 2.45) is 5.92 Å². The molecule has 0 spiro atoms.